The largest absolute Gasteiger partial charge is 0.573 e. The van der Waals surface area contributed by atoms with Gasteiger partial charge in [-0.1, -0.05) is 42.5 Å². The van der Waals surface area contributed by atoms with Crippen LogP contribution in [0.4, 0.5) is 13.2 Å². The van der Waals surface area contributed by atoms with Gasteiger partial charge >= 0.3 is 6.36 Å². The fraction of sp³-hybridized carbons (Fsp3) is 0.364. The van der Waals surface area contributed by atoms with E-state index in [0.717, 1.165) is 12.8 Å². The lowest BCUT2D eigenvalue weighted by Crippen LogP contribution is -2.50. The van der Waals surface area contributed by atoms with Gasteiger partial charge in [0.25, 0.3) is 11.8 Å². The highest BCUT2D eigenvalue weighted by Crippen LogP contribution is 2.33. The van der Waals surface area contributed by atoms with Crippen molar-refractivity contribution in [3.63, 3.8) is 0 Å². The Morgan fingerprint density at radius 2 is 1.62 bits per heavy atom. The first-order valence-corrected chi connectivity index (χ1v) is 10.0. The van der Waals surface area contributed by atoms with Crippen LogP contribution in [-0.2, 0) is 16.1 Å². The minimum absolute atomic E-state index is 0.0124. The van der Waals surface area contributed by atoms with Crippen molar-refractivity contribution in [1.29, 1.82) is 0 Å². The first-order valence-electron chi connectivity index (χ1n) is 10.0. The Morgan fingerprint density at radius 1 is 1.00 bits per heavy atom. The molecule has 0 aromatic heterocycles. The number of hydrogen-bond donors (Lipinski definition) is 3. The summed E-state index contributed by atoms with van der Waals surface area (Å²) in [5.74, 6) is -1.92. The predicted octanol–water partition coefficient (Wildman–Crippen LogP) is 2.21. The van der Waals surface area contributed by atoms with Crippen LogP contribution in [0, 0.1) is 0 Å². The molecular formula is C22H23F3N2O5. The number of benzene rings is 2. The molecule has 0 aliphatic carbocycles. The summed E-state index contributed by atoms with van der Waals surface area (Å²) < 4.78 is 41.9. The molecule has 32 heavy (non-hydrogen) atoms. The smallest absolute Gasteiger partial charge is 0.405 e. The standard InChI is InChI=1S/C22H23F3N2O5/c23-22(24,25)32-17-6-2-1-5-16(17)15-9-7-14(8-10-15)13-26-20(30)18(28)19(29)21(31)27-11-3-4-12-27/h1-2,5-10,18-19,28-29H,3-4,11-13H2,(H,26,30)/t18-,19-/m1/s1. The van der Waals surface area contributed by atoms with Gasteiger partial charge in [-0.25, -0.2) is 0 Å². The van der Waals surface area contributed by atoms with E-state index in [1.807, 2.05) is 0 Å². The molecule has 1 heterocycles. The van der Waals surface area contributed by atoms with Crippen LogP contribution in [0.1, 0.15) is 18.4 Å². The van der Waals surface area contributed by atoms with E-state index < -0.39 is 30.4 Å². The minimum Gasteiger partial charge on any atom is -0.405 e. The Morgan fingerprint density at radius 3 is 2.25 bits per heavy atom. The number of likely N-dealkylation sites (tertiary alicyclic amines) is 1. The molecule has 2 aromatic rings. The molecule has 2 atom stereocenters. The van der Waals surface area contributed by atoms with Crippen LogP contribution in [0.15, 0.2) is 48.5 Å². The van der Waals surface area contributed by atoms with E-state index in [0.29, 0.717) is 24.2 Å². The minimum atomic E-state index is -4.82. The van der Waals surface area contributed by atoms with E-state index in [1.165, 1.54) is 23.1 Å². The molecule has 172 valence electrons. The number of aliphatic hydroxyl groups is 2. The van der Waals surface area contributed by atoms with E-state index in [-0.39, 0.29) is 17.9 Å². The van der Waals surface area contributed by atoms with Gasteiger partial charge in [-0.3, -0.25) is 9.59 Å². The molecule has 3 N–H and O–H groups in total. The molecule has 0 saturated carbocycles. The summed E-state index contributed by atoms with van der Waals surface area (Å²) in [6.45, 7) is 0.947. The summed E-state index contributed by atoms with van der Waals surface area (Å²) in [6, 6.07) is 12.1. The maximum Gasteiger partial charge on any atom is 0.573 e. The average molecular weight is 452 g/mol. The molecule has 2 aromatic carbocycles. The van der Waals surface area contributed by atoms with Crippen molar-refractivity contribution in [3.05, 3.63) is 54.1 Å². The number of alkyl halides is 3. The van der Waals surface area contributed by atoms with Crippen LogP contribution in [-0.4, -0.2) is 58.6 Å². The van der Waals surface area contributed by atoms with E-state index in [2.05, 4.69) is 10.1 Å². The first kappa shape index (κ1) is 23.6. The third-order valence-electron chi connectivity index (χ3n) is 5.08. The molecular weight excluding hydrogens is 429 g/mol. The topological polar surface area (TPSA) is 99.1 Å². The average Bonchev–Trinajstić information content (AvgIpc) is 3.30. The zero-order valence-corrected chi connectivity index (χ0v) is 17.0. The molecule has 0 spiro atoms. The number of aliphatic hydroxyl groups excluding tert-OH is 2. The van der Waals surface area contributed by atoms with E-state index >= 15 is 0 Å². The molecule has 0 radical (unpaired) electrons. The van der Waals surface area contributed by atoms with Gasteiger partial charge in [-0.2, -0.15) is 0 Å². The summed E-state index contributed by atoms with van der Waals surface area (Å²) >= 11 is 0. The normalized spacial score (nSPS) is 15.8. The second-order valence-electron chi connectivity index (χ2n) is 7.38. The summed E-state index contributed by atoms with van der Waals surface area (Å²) in [6.07, 6.45) is -6.95. The molecule has 10 heteroatoms. The second-order valence-corrected chi connectivity index (χ2v) is 7.38. The number of nitrogens with zero attached hydrogens (tertiary/aromatic N) is 1. The molecule has 1 fully saturated rings. The van der Waals surface area contributed by atoms with Gasteiger partial charge in [0.05, 0.1) is 0 Å². The number of halogens is 3. The summed E-state index contributed by atoms with van der Waals surface area (Å²) in [4.78, 5) is 25.6. The number of carbonyl (C=O) groups is 2. The van der Waals surface area contributed by atoms with E-state index in [1.54, 1.807) is 30.3 Å². The number of carbonyl (C=O) groups excluding carboxylic acids is 2. The summed E-state index contributed by atoms with van der Waals surface area (Å²) in [7, 11) is 0. The Bertz CT molecular complexity index is 943. The highest BCUT2D eigenvalue weighted by molar-refractivity contribution is 5.90. The number of para-hydroxylation sites is 1. The lowest BCUT2D eigenvalue weighted by atomic mass is 10.0. The van der Waals surface area contributed by atoms with Gasteiger partial charge in [-0.15, -0.1) is 13.2 Å². The molecule has 1 aliphatic heterocycles. The monoisotopic (exact) mass is 452 g/mol. The Hall–Kier alpha value is -3.11. The zero-order valence-electron chi connectivity index (χ0n) is 17.0. The van der Waals surface area contributed by atoms with Crippen LogP contribution in [0.2, 0.25) is 0 Å². The van der Waals surface area contributed by atoms with Crippen molar-refractivity contribution in [2.45, 2.75) is 38.0 Å². The lowest BCUT2D eigenvalue weighted by molar-refractivity contribution is -0.274. The van der Waals surface area contributed by atoms with Crippen LogP contribution in [0.3, 0.4) is 0 Å². The van der Waals surface area contributed by atoms with Crippen LogP contribution in [0.25, 0.3) is 11.1 Å². The maximum absolute atomic E-state index is 12.6. The summed E-state index contributed by atoms with van der Waals surface area (Å²) in [5, 5.41) is 22.4. The third-order valence-corrected chi connectivity index (χ3v) is 5.08. The fourth-order valence-electron chi connectivity index (χ4n) is 3.42. The van der Waals surface area contributed by atoms with Gasteiger partial charge < -0.3 is 25.2 Å². The van der Waals surface area contributed by atoms with Crippen molar-refractivity contribution in [2.75, 3.05) is 13.1 Å². The molecule has 3 rings (SSSR count). The van der Waals surface area contributed by atoms with Crippen LogP contribution in [0.5, 0.6) is 5.75 Å². The number of amides is 2. The van der Waals surface area contributed by atoms with E-state index in [9.17, 15) is 33.0 Å². The molecule has 7 nitrogen and oxygen atoms in total. The molecule has 1 aliphatic rings. The third kappa shape index (κ3) is 5.98. The fourth-order valence-corrected chi connectivity index (χ4v) is 3.42. The Balaban J connectivity index is 1.59. The molecule has 0 unspecified atom stereocenters. The van der Waals surface area contributed by atoms with Crippen LogP contribution >= 0.6 is 0 Å². The second kappa shape index (κ2) is 10.0. The Kier molecular flexibility index (Phi) is 7.37. The quantitative estimate of drug-likeness (QED) is 0.599. The van der Waals surface area contributed by atoms with Crippen molar-refractivity contribution < 1.29 is 37.7 Å². The van der Waals surface area contributed by atoms with Gasteiger partial charge in [0, 0.05) is 25.2 Å². The highest BCUT2D eigenvalue weighted by Gasteiger charge is 2.34. The van der Waals surface area contributed by atoms with Crippen molar-refractivity contribution in [1.82, 2.24) is 10.2 Å². The number of ether oxygens (including phenoxy) is 1. The zero-order chi connectivity index (χ0) is 23.3. The van der Waals surface area contributed by atoms with E-state index in [4.69, 9.17) is 0 Å². The number of nitrogens with one attached hydrogen (secondary N) is 1. The molecule has 2 amide bonds. The van der Waals surface area contributed by atoms with Crippen LogP contribution < -0.4 is 10.1 Å². The van der Waals surface area contributed by atoms with Crippen molar-refractivity contribution in [3.8, 4) is 16.9 Å². The maximum atomic E-state index is 12.6. The number of rotatable bonds is 7. The van der Waals surface area contributed by atoms with Gasteiger partial charge in [0.15, 0.2) is 12.2 Å². The molecule has 1 saturated heterocycles. The van der Waals surface area contributed by atoms with Gasteiger partial charge in [0.2, 0.25) is 0 Å². The predicted molar refractivity (Wildman–Crippen MR) is 108 cm³/mol. The summed E-state index contributed by atoms with van der Waals surface area (Å²) in [5.41, 5.74) is 1.33. The number of hydrogen-bond acceptors (Lipinski definition) is 5. The lowest BCUT2D eigenvalue weighted by Gasteiger charge is -2.22. The highest BCUT2D eigenvalue weighted by atomic mass is 19.4. The van der Waals surface area contributed by atoms with Gasteiger partial charge in [-0.05, 0) is 30.0 Å². The van der Waals surface area contributed by atoms with Gasteiger partial charge in [0.1, 0.15) is 5.75 Å². The first-order chi connectivity index (χ1) is 15.2. The Labute approximate surface area is 182 Å². The SMILES string of the molecule is O=C(NCc1ccc(-c2ccccc2OC(F)(F)F)cc1)[C@H](O)[C@@H](O)C(=O)N1CCCC1. The van der Waals surface area contributed by atoms with Crippen molar-refractivity contribution in [2.24, 2.45) is 0 Å². The molecule has 0 bridgehead atoms. The van der Waals surface area contributed by atoms with Crippen molar-refractivity contribution >= 4 is 11.8 Å².